The quantitative estimate of drug-likeness (QED) is 0.787. The number of rotatable bonds is 4. The Morgan fingerprint density at radius 3 is 2.64 bits per heavy atom. The average Bonchev–Trinajstić information content (AvgIpc) is 2.43. The van der Waals surface area contributed by atoms with E-state index in [1.807, 2.05) is 19.0 Å². The zero-order chi connectivity index (χ0) is 10.7. The third kappa shape index (κ3) is 2.88. The minimum Gasteiger partial charge on any atom is -0.308 e. The van der Waals surface area contributed by atoms with Crippen molar-refractivity contribution < 1.29 is 8.78 Å². The van der Waals surface area contributed by atoms with E-state index >= 15 is 0 Å². The van der Waals surface area contributed by atoms with Crippen LogP contribution < -0.4 is 0 Å². The Bertz CT molecular complexity index is 343. The second-order valence-electron chi connectivity index (χ2n) is 3.31. The van der Waals surface area contributed by atoms with Gasteiger partial charge in [-0.1, -0.05) is 12.2 Å². The van der Waals surface area contributed by atoms with Gasteiger partial charge < -0.3 is 4.90 Å². The first-order valence-corrected chi connectivity index (χ1v) is 4.64. The Morgan fingerprint density at radius 1 is 1.57 bits per heavy atom. The summed E-state index contributed by atoms with van der Waals surface area (Å²) in [6, 6.07) is 1.30. The highest BCUT2D eigenvalue weighted by Gasteiger charge is 2.10. The van der Waals surface area contributed by atoms with Gasteiger partial charge in [-0.15, -0.1) is 0 Å². The normalized spacial score (nSPS) is 11.6. The van der Waals surface area contributed by atoms with Crippen LogP contribution in [0.3, 0.4) is 0 Å². The molecule has 0 unspecified atom stereocenters. The molecular formula is C8H13F2N3S. The minimum atomic E-state index is -2.49. The van der Waals surface area contributed by atoms with E-state index in [1.165, 1.54) is 6.07 Å². The van der Waals surface area contributed by atoms with Crippen molar-refractivity contribution >= 4 is 12.2 Å². The predicted molar refractivity (Wildman–Crippen MR) is 53.1 cm³/mol. The Balaban J connectivity index is 2.73. The number of aromatic amines is 1. The molecule has 80 valence electrons. The Kier molecular flexibility index (Phi) is 3.77. The number of alkyl halides is 2. The Hall–Kier alpha value is -0.750. The van der Waals surface area contributed by atoms with Crippen molar-refractivity contribution in [3.63, 3.8) is 0 Å². The molecule has 0 aliphatic heterocycles. The highest BCUT2D eigenvalue weighted by atomic mass is 32.1. The van der Waals surface area contributed by atoms with Gasteiger partial charge in [0, 0.05) is 12.6 Å². The van der Waals surface area contributed by atoms with Crippen molar-refractivity contribution in [3.05, 3.63) is 16.4 Å². The van der Waals surface area contributed by atoms with Crippen LogP contribution in [0.2, 0.25) is 0 Å². The summed E-state index contributed by atoms with van der Waals surface area (Å²) in [5.41, 5.74) is -0.117. The van der Waals surface area contributed by atoms with Gasteiger partial charge in [0.05, 0.1) is 6.54 Å². The molecule has 0 aromatic carbocycles. The fourth-order valence-electron chi connectivity index (χ4n) is 1.03. The van der Waals surface area contributed by atoms with Gasteiger partial charge in [0.15, 0.2) is 0 Å². The van der Waals surface area contributed by atoms with E-state index in [9.17, 15) is 8.78 Å². The lowest BCUT2D eigenvalue weighted by Gasteiger charge is -2.09. The molecule has 0 saturated carbocycles. The molecule has 0 radical (unpaired) electrons. The van der Waals surface area contributed by atoms with E-state index in [0.717, 1.165) is 6.54 Å². The molecule has 0 saturated heterocycles. The first kappa shape index (κ1) is 11.3. The number of hydrogen-bond acceptors (Lipinski definition) is 2. The Labute approximate surface area is 86.3 Å². The van der Waals surface area contributed by atoms with Gasteiger partial charge in [-0.05, 0) is 14.1 Å². The number of likely N-dealkylation sites (N-methyl/N-ethyl adjacent to an activating group) is 1. The van der Waals surface area contributed by atoms with Crippen molar-refractivity contribution in [3.8, 4) is 0 Å². The molecule has 14 heavy (non-hydrogen) atoms. The summed E-state index contributed by atoms with van der Waals surface area (Å²) in [6.45, 7) is 1.36. The van der Waals surface area contributed by atoms with Gasteiger partial charge in [-0.25, -0.2) is 8.78 Å². The van der Waals surface area contributed by atoms with Crippen LogP contribution in [-0.4, -0.2) is 35.3 Å². The lowest BCUT2D eigenvalue weighted by atomic mass is 10.5. The molecule has 0 fully saturated rings. The molecule has 6 heteroatoms. The summed E-state index contributed by atoms with van der Waals surface area (Å²) in [6.07, 6.45) is -2.49. The molecule has 1 aromatic rings. The molecule has 1 N–H and O–H groups in total. The molecular weight excluding hydrogens is 208 g/mol. The number of H-pyrrole nitrogens is 1. The van der Waals surface area contributed by atoms with Gasteiger partial charge in [-0.3, -0.25) is 9.78 Å². The summed E-state index contributed by atoms with van der Waals surface area (Å²) in [5.74, 6) is 0. The van der Waals surface area contributed by atoms with Crippen LogP contribution in [-0.2, 0) is 6.54 Å². The minimum absolute atomic E-state index is 0.117. The number of nitrogens with one attached hydrogen (secondary N) is 1. The first-order valence-electron chi connectivity index (χ1n) is 4.23. The molecule has 1 heterocycles. The van der Waals surface area contributed by atoms with E-state index in [4.69, 9.17) is 12.2 Å². The first-order chi connectivity index (χ1) is 6.50. The highest BCUT2D eigenvalue weighted by molar-refractivity contribution is 7.71. The molecule has 0 spiro atoms. The van der Waals surface area contributed by atoms with Crippen LogP contribution in [0.5, 0.6) is 0 Å². The van der Waals surface area contributed by atoms with Crippen LogP contribution in [0.1, 0.15) is 12.1 Å². The summed E-state index contributed by atoms with van der Waals surface area (Å²) in [7, 11) is 3.83. The third-order valence-electron chi connectivity index (χ3n) is 1.81. The number of halogens is 2. The maximum absolute atomic E-state index is 12.3. The zero-order valence-corrected chi connectivity index (χ0v) is 8.94. The van der Waals surface area contributed by atoms with Gasteiger partial charge in [0.1, 0.15) is 10.3 Å². The molecule has 1 aromatic heterocycles. The molecule has 0 aliphatic rings. The lowest BCUT2D eigenvalue weighted by Crippen LogP contribution is -2.19. The zero-order valence-electron chi connectivity index (χ0n) is 8.13. The largest absolute Gasteiger partial charge is 0.308 e. The van der Waals surface area contributed by atoms with Crippen molar-refractivity contribution in [2.45, 2.75) is 13.0 Å². The van der Waals surface area contributed by atoms with E-state index < -0.39 is 6.43 Å². The van der Waals surface area contributed by atoms with Crippen LogP contribution in [0.15, 0.2) is 6.07 Å². The number of aromatic nitrogens is 2. The van der Waals surface area contributed by atoms with Crippen molar-refractivity contribution in [2.24, 2.45) is 0 Å². The second kappa shape index (κ2) is 4.65. The summed E-state index contributed by atoms with van der Waals surface area (Å²) in [5, 5.41) is 2.57. The highest BCUT2D eigenvalue weighted by Crippen LogP contribution is 2.16. The fraction of sp³-hybridized carbons (Fsp3) is 0.625. The standard InChI is InChI=1S/C8H13F2N3S/c1-12(2)3-4-13-7(14)5-6(11-13)8(9)10/h5,8,11H,3-4H2,1-2H3. The smallest absolute Gasteiger partial charge is 0.279 e. The van der Waals surface area contributed by atoms with Crippen molar-refractivity contribution in [1.82, 2.24) is 14.7 Å². The molecule has 1 rings (SSSR count). The van der Waals surface area contributed by atoms with E-state index in [0.29, 0.717) is 11.2 Å². The number of hydrogen-bond donors (Lipinski definition) is 1. The van der Waals surface area contributed by atoms with Gasteiger partial charge in [0.25, 0.3) is 6.43 Å². The fourth-order valence-corrected chi connectivity index (χ4v) is 1.30. The maximum Gasteiger partial charge on any atom is 0.279 e. The van der Waals surface area contributed by atoms with Crippen LogP contribution in [0.25, 0.3) is 0 Å². The molecule has 0 atom stereocenters. The SMILES string of the molecule is CN(C)CCn1[nH]c(C(F)F)cc1=S. The average molecular weight is 221 g/mol. The van der Waals surface area contributed by atoms with Crippen LogP contribution in [0, 0.1) is 4.64 Å². The maximum atomic E-state index is 12.3. The predicted octanol–water partition coefficient (Wildman–Crippen LogP) is 2.04. The monoisotopic (exact) mass is 221 g/mol. The van der Waals surface area contributed by atoms with Gasteiger partial charge >= 0.3 is 0 Å². The van der Waals surface area contributed by atoms with E-state index in [-0.39, 0.29) is 5.69 Å². The van der Waals surface area contributed by atoms with Crippen LogP contribution >= 0.6 is 12.2 Å². The summed E-state index contributed by atoms with van der Waals surface area (Å²) in [4.78, 5) is 1.96. The van der Waals surface area contributed by atoms with Gasteiger partial charge in [0.2, 0.25) is 0 Å². The Morgan fingerprint density at radius 2 is 2.21 bits per heavy atom. The second-order valence-corrected chi connectivity index (χ2v) is 3.72. The van der Waals surface area contributed by atoms with Gasteiger partial charge in [-0.2, -0.15) is 0 Å². The summed E-state index contributed by atoms with van der Waals surface area (Å²) < 4.78 is 26.5. The van der Waals surface area contributed by atoms with Crippen molar-refractivity contribution in [1.29, 1.82) is 0 Å². The summed E-state index contributed by atoms with van der Waals surface area (Å²) >= 11 is 4.92. The van der Waals surface area contributed by atoms with Crippen molar-refractivity contribution in [2.75, 3.05) is 20.6 Å². The van der Waals surface area contributed by atoms with E-state index in [2.05, 4.69) is 5.10 Å². The molecule has 0 amide bonds. The number of nitrogens with zero attached hydrogens (tertiary/aromatic N) is 2. The topological polar surface area (TPSA) is 24.0 Å². The molecule has 3 nitrogen and oxygen atoms in total. The lowest BCUT2D eigenvalue weighted by molar-refractivity contribution is 0.145. The molecule has 0 aliphatic carbocycles. The van der Waals surface area contributed by atoms with Crippen LogP contribution in [0.4, 0.5) is 8.78 Å². The molecule has 0 bridgehead atoms. The third-order valence-corrected chi connectivity index (χ3v) is 2.15. The van der Waals surface area contributed by atoms with E-state index in [1.54, 1.807) is 4.68 Å².